The molecule has 1 heterocycles. The Morgan fingerprint density at radius 1 is 1.27 bits per heavy atom. The van der Waals surface area contributed by atoms with Gasteiger partial charge >= 0.3 is 0 Å². The lowest BCUT2D eigenvalue weighted by molar-refractivity contribution is 0.949. The van der Waals surface area contributed by atoms with Gasteiger partial charge in [-0.3, -0.25) is 0 Å². The van der Waals surface area contributed by atoms with Crippen molar-refractivity contribution in [3.8, 4) is 11.8 Å². The summed E-state index contributed by atoms with van der Waals surface area (Å²) in [5.74, 6) is 5.95. The van der Waals surface area contributed by atoms with Crippen LogP contribution in [-0.4, -0.2) is 19.6 Å². The van der Waals surface area contributed by atoms with E-state index < -0.39 is 0 Å². The number of nitrogens with zero attached hydrogens (tertiary/aromatic N) is 1. The monoisotopic (exact) mass is 200 g/mol. The van der Waals surface area contributed by atoms with Gasteiger partial charge in [0.15, 0.2) is 0 Å². The lowest BCUT2D eigenvalue weighted by atomic mass is 10.2. The molecule has 0 saturated carbocycles. The van der Waals surface area contributed by atoms with Gasteiger partial charge < -0.3 is 10.6 Å². The number of anilines is 1. The van der Waals surface area contributed by atoms with Gasteiger partial charge in [-0.1, -0.05) is 17.9 Å². The van der Waals surface area contributed by atoms with Crippen LogP contribution < -0.4 is 10.6 Å². The summed E-state index contributed by atoms with van der Waals surface area (Å²) in [6.07, 6.45) is 2.61. The van der Waals surface area contributed by atoms with Crippen LogP contribution in [0.5, 0.6) is 0 Å². The van der Waals surface area contributed by atoms with E-state index in [9.17, 15) is 0 Å². The SMILES string of the molecule is NCC#Cc1cccc(N2CCCC2)c1. The fourth-order valence-corrected chi connectivity index (χ4v) is 1.91. The zero-order valence-corrected chi connectivity index (χ0v) is 8.87. The molecule has 2 heteroatoms. The molecule has 0 bridgehead atoms. The van der Waals surface area contributed by atoms with Crippen molar-refractivity contribution < 1.29 is 0 Å². The quantitative estimate of drug-likeness (QED) is 0.698. The second-order valence-electron chi connectivity index (χ2n) is 3.75. The number of nitrogens with two attached hydrogens (primary N) is 1. The predicted molar refractivity (Wildman–Crippen MR) is 63.8 cm³/mol. The molecule has 1 aromatic carbocycles. The van der Waals surface area contributed by atoms with Crippen LogP contribution in [-0.2, 0) is 0 Å². The number of hydrogen-bond donors (Lipinski definition) is 1. The maximum absolute atomic E-state index is 5.35. The Bertz CT molecular complexity index is 381. The third-order valence-electron chi connectivity index (χ3n) is 2.65. The molecule has 1 aliphatic heterocycles. The summed E-state index contributed by atoms with van der Waals surface area (Å²) >= 11 is 0. The normalized spacial score (nSPS) is 14.9. The second-order valence-corrected chi connectivity index (χ2v) is 3.75. The van der Waals surface area contributed by atoms with E-state index in [0.717, 1.165) is 5.56 Å². The highest BCUT2D eigenvalue weighted by molar-refractivity contribution is 5.53. The highest BCUT2D eigenvalue weighted by atomic mass is 15.1. The van der Waals surface area contributed by atoms with Gasteiger partial charge in [0.25, 0.3) is 0 Å². The Hall–Kier alpha value is -1.46. The average Bonchev–Trinajstić information content (AvgIpc) is 2.80. The van der Waals surface area contributed by atoms with E-state index in [-0.39, 0.29) is 0 Å². The molecule has 15 heavy (non-hydrogen) atoms. The van der Waals surface area contributed by atoms with Crippen LogP contribution in [0.15, 0.2) is 24.3 Å². The molecule has 0 aromatic heterocycles. The zero-order valence-electron chi connectivity index (χ0n) is 8.87. The van der Waals surface area contributed by atoms with Gasteiger partial charge in [-0.05, 0) is 31.0 Å². The van der Waals surface area contributed by atoms with Crippen molar-refractivity contribution in [2.24, 2.45) is 5.73 Å². The van der Waals surface area contributed by atoms with Gasteiger partial charge in [-0.2, -0.15) is 0 Å². The summed E-state index contributed by atoms with van der Waals surface area (Å²) in [7, 11) is 0. The molecular weight excluding hydrogens is 184 g/mol. The van der Waals surface area contributed by atoms with Gasteiger partial charge in [-0.25, -0.2) is 0 Å². The van der Waals surface area contributed by atoms with Crippen LogP contribution in [0, 0.1) is 11.8 Å². The minimum atomic E-state index is 0.425. The van der Waals surface area contributed by atoms with Crippen LogP contribution in [0.1, 0.15) is 18.4 Å². The highest BCUT2D eigenvalue weighted by Crippen LogP contribution is 2.20. The van der Waals surface area contributed by atoms with Gasteiger partial charge in [0, 0.05) is 24.3 Å². The summed E-state index contributed by atoms with van der Waals surface area (Å²) in [5.41, 5.74) is 7.70. The van der Waals surface area contributed by atoms with E-state index in [1.54, 1.807) is 0 Å². The maximum Gasteiger partial charge on any atom is 0.0555 e. The zero-order chi connectivity index (χ0) is 10.5. The molecule has 1 saturated heterocycles. The third-order valence-corrected chi connectivity index (χ3v) is 2.65. The minimum Gasteiger partial charge on any atom is -0.371 e. The molecule has 2 nitrogen and oxygen atoms in total. The first kappa shape index (κ1) is 10.1. The topological polar surface area (TPSA) is 29.3 Å². The predicted octanol–water partition coefficient (Wildman–Crippen LogP) is 1.60. The van der Waals surface area contributed by atoms with Crippen molar-refractivity contribution >= 4 is 5.69 Å². The van der Waals surface area contributed by atoms with Crippen molar-refractivity contribution in [1.82, 2.24) is 0 Å². The second kappa shape index (κ2) is 4.86. The molecule has 1 aromatic rings. The Morgan fingerprint density at radius 3 is 2.80 bits per heavy atom. The van der Waals surface area contributed by atoms with Crippen molar-refractivity contribution in [3.05, 3.63) is 29.8 Å². The molecule has 2 N–H and O–H groups in total. The van der Waals surface area contributed by atoms with Gasteiger partial charge in [0.2, 0.25) is 0 Å². The average molecular weight is 200 g/mol. The standard InChI is InChI=1S/C13H16N2/c14-8-4-6-12-5-3-7-13(11-12)15-9-1-2-10-15/h3,5,7,11H,1-2,8-10,14H2. The maximum atomic E-state index is 5.35. The summed E-state index contributed by atoms with van der Waals surface area (Å²) in [6.45, 7) is 2.77. The largest absolute Gasteiger partial charge is 0.371 e. The van der Waals surface area contributed by atoms with Crippen molar-refractivity contribution in [3.63, 3.8) is 0 Å². The first-order valence-corrected chi connectivity index (χ1v) is 5.44. The lowest BCUT2D eigenvalue weighted by Gasteiger charge is -2.17. The molecule has 0 aliphatic carbocycles. The molecule has 0 spiro atoms. The van der Waals surface area contributed by atoms with Crippen LogP contribution >= 0.6 is 0 Å². The Labute approximate surface area is 91.1 Å². The van der Waals surface area contributed by atoms with E-state index >= 15 is 0 Å². The van der Waals surface area contributed by atoms with Crippen molar-refractivity contribution in [2.45, 2.75) is 12.8 Å². The smallest absolute Gasteiger partial charge is 0.0555 e. The molecule has 0 unspecified atom stereocenters. The molecule has 1 aliphatic rings. The van der Waals surface area contributed by atoms with E-state index in [0.29, 0.717) is 6.54 Å². The fraction of sp³-hybridized carbons (Fsp3) is 0.385. The summed E-state index contributed by atoms with van der Waals surface area (Å²) in [5, 5.41) is 0. The van der Waals surface area contributed by atoms with Gasteiger partial charge in [0.05, 0.1) is 6.54 Å². The highest BCUT2D eigenvalue weighted by Gasteiger charge is 2.11. The molecular formula is C13H16N2. The Kier molecular flexibility index (Phi) is 3.26. The number of benzene rings is 1. The Morgan fingerprint density at radius 2 is 2.07 bits per heavy atom. The minimum absolute atomic E-state index is 0.425. The van der Waals surface area contributed by atoms with E-state index in [1.807, 2.05) is 6.07 Å². The van der Waals surface area contributed by atoms with E-state index in [4.69, 9.17) is 5.73 Å². The molecule has 0 atom stereocenters. The van der Waals surface area contributed by atoms with Crippen LogP contribution in [0.4, 0.5) is 5.69 Å². The van der Waals surface area contributed by atoms with Crippen LogP contribution in [0.2, 0.25) is 0 Å². The van der Waals surface area contributed by atoms with Gasteiger partial charge in [0.1, 0.15) is 0 Å². The Balaban J connectivity index is 2.18. The first-order valence-electron chi connectivity index (χ1n) is 5.44. The van der Waals surface area contributed by atoms with Gasteiger partial charge in [-0.15, -0.1) is 0 Å². The molecule has 1 fully saturated rings. The summed E-state index contributed by atoms with van der Waals surface area (Å²) in [4.78, 5) is 2.41. The van der Waals surface area contributed by atoms with Crippen LogP contribution in [0.25, 0.3) is 0 Å². The molecule has 0 amide bonds. The van der Waals surface area contributed by atoms with Crippen molar-refractivity contribution in [1.29, 1.82) is 0 Å². The summed E-state index contributed by atoms with van der Waals surface area (Å²) in [6, 6.07) is 8.39. The molecule has 0 radical (unpaired) electrons. The number of hydrogen-bond acceptors (Lipinski definition) is 2. The van der Waals surface area contributed by atoms with Crippen molar-refractivity contribution in [2.75, 3.05) is 24.5 Å². The summed E-state index contributed by atoms with van der Waals surface area (Å²) < 4.78 is 0. The third kappa shape index (κ3) is 2.51. The van der Waals surface area contributed by atoms with E-state index in [2.05, 4.69) is 34.9 Å². The fourth-order valence-electron chi connectivity index (χ4n) is 1.91. The van der Waals surface area contributed by atoms with Crippen LogP contribution in [0.3, 0.4) is 0 Å². The van der Waals surface area contributed by atoms with E-state index in [1.165, 1.54) is 31.6 Å². The first-order chi connectivity index (χ1) is 7.40. The lowest BCUT2D eigenvalue weighted by Crippen LogP contribution is -2.17. The molecule has 78 valence electrons. The number of rotatable bonds is 1. The molecule has 2 rings (SSSR count).